The topological polar surface area (TPSA) is 84.2 Å². The highest BCUT2D eigenvalue weighted by Crippen LogP contribution is 2.26. The van der Waals surface area contributed by atoms with Gasteiger partial charge in [0.15, 0.2) is 5.79 Å². The Morgan fingerprint density at radius 1 is 0.913 bits per heavy atom. The van der Waals surface area contributed by atoms with E-state index < -0.39 is 14.8 Å². The van der Waals surface area contributed by atoms with Gasteiger partial charge in [-0.05, 0) is 47.6 Å². The van der Waals surface area contributed by atoms with Crippen molar-refractivity contribution >= 4 is 9.05 Å². The lowest BCUT2D eigenvalue weighted by atomic mass is 10.1. The second-order valence-electron chi connectivity index (χ2n) is 5.11. The SMILES string of the molecule is CCOC(C)(CCCNCCN)O[Si](OCC)(OCC)OCC. The van der Waals surface area contributed by atoms with Crippen LogP contribution in [0.4, 0.5) is 0 Å². The van der Waals surface area contributed by atoms with Gasteiger partial charge in [-0.25, -0.2) is 0 Å². The zero-order valence-electron chi connectivity index (χ0n) is 15.5. The van der Waals surface area contributed by atoms with Crippen LogP contribution in [-0.4, -0.2) is 60.9 Å². The van der Waals surface area contributed by atoms with Gasteiger partial charge in [-0.2, -0.15) is 0 Å². The van der Waals surface area contributed by atoms with Crippen LogP contribution in [0.1, 0.15) is 47.5 Å². The van der Waals surface area contributed by atoms with Crippen LogP contribution >= 0.6 is 0 Å². The highest BCUT2D eigenvalue weighted by atomic mass is 28.4. The Morgan fingerprint density at radius 3 is 1.91 bits per heavy atom. The fraction of sp³-hybridized carbons (Fsp3) is 1.00. The molecule has 0 saturated heterocycles. The van der Waals surface area contributed by atoms with Crippen molar-refractivity contribution < 1.29 is 22.4 Å². The fourth-order valence-electron chi connectivity index (χ4n) is 2.23. The van der Waals surface area contributed by atoms with Crippen LogP contribution in [-0.2, 0) is 22.4 Å². The summed E-state index contributed by atoms with van der Waals surface area (Å²) in [5.74, 6) is -0.801. The normalized spacial score (nSPS) is 14.9. The summed E-state index contributed by atoms with van der Waals surface area (Å²) in [5.41, 5.74) is 5.47. The minimum Gasteiger partial charge on any atom is -0.351 e. The molecule has 0 aromatic rings. The summed E-state index contributed by atoms with van der Waals surface area (Å²) in [7, 11) is -3.21. The third kappa shape index (κ3) is 9.73. The van der Waals surface area contributed by atoms with E-state index in [9.17, 15) is 0 Å². The summed E-state index contributed by atoms with van der Waals surface area (Å²) < 4.78 is 29.3. The molecule has 8 heteroatoms. The maximum Gasteiger partial charge on any atom is 0.681 e. The Bertz CT molecular complexity index is 270. The van der Waals surface area contributed by atoms with Gasteiger partial charge in [0, 0.05) is 45.9 Å². The quantitative estimate of drug-likeness (QED) is 0.248. The first-order valence-electron chi connectivity index (χ1n) is 8.68. The number of rotatable bonds is 16. The van der Waals surface area contributed by atoms with Crippen LogP contribution in [0.25, 0.3) is 0 Å². The second-order valence-corrected chi connectivity index (χ2v) is 7.18. The van der Waals surface area contributed by atoms with E-state index >= 15 is 0 Å². The zero-order chi connectivity index (χ0) is 17.6. The highest BCUT2D eigenvalue weighted by molar-refractivity contribution is 6.53. The van der Waals surface area contributed by atoms with Crippen molar-refractivity contribution in [3.05, 3.63) is 0 Å². The average Bonchev–Trinajstić information content (AvgIpc) is 2.48. The molecular formula is C15H36N2O5Si. The molecule has 0 spiro atoms. The van der Waals surface area contributed by atoms with Crippen LogP contribution in [0.3, 0.4) is 0 Å². The summed E-state index contributed by atoms with van der Waals surface area (Å²) in [6.07, 6.45) is 1.60. The number of nitrogens with two attached hydrogens (primary N) is 1. The summed E-state index contributed by atoms with van der Waals surface area (Å²) >= 11 is 0. The Morgan fingerprint density at radius 2 is 1.48 bits per heavy atom. The number of ether oxygens (including phenoxy) is 1. The van der Waals surface area contributed by atoms with E-state index in [0.29, 0.717) is 39.4 Å². The van der Waals surface area contributed by atoms with Gasteiger partial charge in [-0.3, -0.25) is 0 Å². The van der Waals surface area contributed by atoms with Crippen molar-refractivity contribution in [1.82, 2.24) is 5.32 Å². The van der Waals surface area contributed by atoms with Crippen molar-refractivity contribution in [2.75, 3.05) is 46.1 Å². The standard InChI is InChI=1S/C15H36N2O5Si/c1-6-18-15(5,11-10-13-17-14-12-16)22-23(19-7-2,20-8-3)21-9-4/h17H,6-14,16H2,1-5H3. The van der Waals surface area contributed by atoms with Gasteiger partial charge >= 0.3 is 9.05 Å². The minimum atomic E-state index is -3.21. The van der Waals surface area contributed by atoms with Crippen molar-refractivity contribution in [2.24, 2.45) is 5.73 Å². The Hall–Kier alpha value is -0.0631. The molecule has 0 heterocycles. The van der Waals surface area contributed by atoms with Gasteiger partial charge in [-0.15, -0.1) is 0 Å². The molecule has 1 unspecified atom stereocenters. The number of hydrogen-bond donors (Lipinski definition) is 2. The molecule has 7 nitrogen and oxygen atoms in total. The maximum atomic E-state index is 6.19. The largest absolute Gasteiger partial charge is 0.681 e. The van der Waals surface area contributed by atoms with Crippen LogP contribution < -0.4 is 11.1 Å². The van der Waals surface area contributed by atoms with E-state index in [1.807, 2.05) is 34.6 Å². The van der Waals surface area contributed by atoms with Gasteiger partial charge in [0.1, 0.15) is 0 Å². The Balaban J connectivity index is 4.84. The first-order valence-corrected chi connectivity index (χ1v) is 10.3. The van der Waals surface area contributed by atoms with Gasteiger partial charge in [-0.1, -0.05) is 0 Å². The van der Waals surface area contributed by atoms with Crippen molar-refractivity contribution in [1.29, 1.82) is 0 Å². The lowest BCUT2D eigenvalue weighted by molar-refractivity contribution is -0.219. The molecule has 1 atom stereocenters. The first kappa shape index (κ1) is 22.9. The number of hydrogen-bond acceptors (Lipinski definition) is 7. The summed E-state index contributed by atoms with van der Waals surface area (Å²) in [6.45, 7) is 13.8. The third-order valence-electron chi connectivity index (χ3n) is 3.06. The van der Waals surface area contributed by atoms with E-state index in [-0.39, 0.29) is 0 Å². The van der Waals surface area contributed by atoms with Gasteiger partial charge in [0.05, 0.1) is 0 Å². The molecule has 0 aliphatic rings. The molecular weight excluding hydrogens is 316 g/mol. The first-order chi connectivity index (χ1) is 11.0. The van der Waals surface area contributed by atoms with E-state index in [4.69, 9.17) is 28.2 Å². The monoisotopic (exact) mass is 352 g/mol. The zero-order valence-corrected chi connectivity index (χ0v) is 16.5. The van der Waals surface area contributed by atoms with Gasteiger partial charge in [0.25, 0.3) is 0 Å². The molecule has 0 aromatic carbocycles. The van der Waals surface area contributed by atoms with Crippen LogP contribution in [0.2, 0.25) is 0 Å². The van der Waals surface area contributed by atoms with E-state index in [1.54, 1.807) is 0 Å². The molecule has 3 N–H and O–H groups in total. The molecule has 0 fully saturated rings. The molecule has 0 aliphatic carbocycles. The minimum absolute atomic E-state index is 0.465. The van der Waals surface area contributed by atoms with Crippen LogP contribution in [0, 0.1) is 0 Å². The van der Waals surface area contributed by atoms with Gasteiger partial charge < -0.3 is 33.5 Å². The molecule has 0 bridgehead atoms. The average molecular weight is 353 g/mol. The van der Waals surface area contributed by atoms with Gasteiger partial charge in [0.2, 0.25) is 0 Å². The van der Waals surface area contributed by atoms with E-state index in [2.05, 4.69) is 5.32 Å². The molecule has 0 radical (unpaired) electrons. The number of nitrogens with one attached hydrogen (secondary N) is 1. The van der Waals surface area contributed by atoms with Crippen molar-refractivity contribution in [3.63, 3.8) is 0 Å². The van der Waals surface area contributed by atoms with E-state index in [1.165, 1.54) is 0 Å². The lowest BCUT2D eigenvalue weighted by Crippen LogP contribution is -2.55. The fourth-order valence-corrected chi connectivity index (χ4v) is 4.40. The molecule has 23 heavy (non-hydrogen) atoms. The third-order valence-corrected chi connectivity index (χ3v) is 5.67. The molecule has 0 amide bonds. The van der Waals surface area contributed by atoms with Crippen molar-refractivity contribution in [3.8, 4) is 0 Å². The highest BCUT2D eigenvalue weighted by Gasteiger charge is 2.50. The van der Waals surface area contributed by atoms with E-state index in [0.717, 1.165) is 19.5 Å². The maximum absolute atomic E-state index is 6.19. The lowest BCUT2D eigenvalue weighted by Gasteiger charge is -2.37. The smallest absolute Gasteiger partial charge is 0.351 e. The second kappa shape index (κ2) is 13.3. The summed E-state index contributed by atoms with van der Waals surface area (Å²) in [4.78, 5) is 0. The van der Waals surface area contributed by atoms with Crippen molar-refractivity contribution in [2.45, 2.75) is 53.2 Å². The predicted octanol–water partition coefficient (Wildman–Crippen LogP) is 1.63. The summed E-state index contributed by atoms with van der Waals surface area (Å²) in [5, 5.41) is 3.27. The Labute approximate surface area is 142 Å². The molecule has 0 rings (SSSR count). The summed E-state index contributed by atoms with van der Waals surface area (Å²) in [6, 6.07) is 0. The molecule has 0 saturated carbocycles. The molecule has 140 valence electrons. The van der Waals surface area contributed by atoms with Crippen LogP contribution in [0.15, 0.2) is 0 Å². The Kier molecular flexibility index (Phi) is 13.2. The predicted molar refractivity (Wildman–Crippen MR) is 92.9 cm³/mol. The molecule has 0 aromatic heterocycles. The molecule has 0 aliphatic heterocycles. The van der Waals surface area contributed by atoms with Crippen LogP contribution in [0.5, 0.6) is 0 Å².